The fraction of sp³-hybridized carbons (Fsp3) is 0.240. The van der Waals surface area contributed by atoms with Gasteiger partial charge in [0.15, 0.2) is 5.60 Å². The van der Waals surface area contributed by atoms with Crippen LogP contribution >= 0.6 is 0 Å². The number of hydrogen-bond acceptors (Lipinski definition) is 5. The molecule has 3 N–H and O–H groups in total. The maximum Gasteiger partial charge on any atom is 0.306 e. The van der Waals surface area contributed by atoms with Crippen molar-refractivity contribution in [2.45, 2.75) is 37.8 Å². The summed E-state index contributed by atoms with van der Waals surface area (Å²) in [5, 5.41) is 21.4. The molecule has 35 heavy (non-hydrogen) atoms. The first-order chi connectivity index (χ1) is 16.5. The summed E-state index contributed by atoms with van der Waals surface area (Å²) in [6.45, 7) is 6.52. The van der Waals surface area contributed by atoms with Crippen molar-refractivity contribution in [3.63, 3.8) is 0 Å². The zero-order valence-corrected chi connectivity index (χ0v) is 19.2. The quantitative estimate of drug-likeness (QED) is 0.337. The van der Waals surface area contributed by atoms with E-state index in [0.717, 1.165) is 34.8 Å². The molecular weight excluding hydrogens is 462 g/mol. The largest absolute Gasteiger partial charge is 0.404 e. The third kappa shape index (κ3) is 5.32. The van der Waals surface area contributed by atoms with E-state index in [-0.39, 0.29) is 5.92 Å². The summed E-state index contributed by atoms with van der Waals surface area (Å²) in [5.41, 5.74) is 3.01. The Hall–Kier alpha value is -3.79. The average Bonchev–Trinajstić information content (AvgIpc) is 3.32. The van der Waals surface area contributed by atoms with Crippen LogP contribution in [0.4, 0.5) is 17.6 Å². The summed E-state index contributed by atoms with van der Waals surface area (Å²) in [6, 6.07) is 9.36. The number of nitrogens with two attached hydrogens (primary N) is 1. The van der Waals surface area contributed by atoms with E-state index in [1.54, 1.807) is 6.07 Å². The molecule has 0 spiro atoms. The average molecular weight is 488 g/mol. The Balaban J connectivity index is 2.00. The van der Waals surface area contributed by atoms with Gasteiger partial charge in [0.2, 0.25) is 0 Å². The molecule has 0 aliphatic heterocycles. The number of tetrazole rings is 1. The van der Waals surface area contributed by atoms with Crippen LogP contribution in [0, 0.1) is 11.6 Å². The van der Waals surface area contributed by atoms with Crippen molar-refractivity contribution in [3.8, 4) is 0 Å². The number of rotatable bonds is 9. The Bertz CT molecular complexity index is 1250. The molecule has 0 bridgehead atoms. The Morgan fingerprint density at radius 3 is 2.51 bits per heavy atom. The van der Waals surface area contributed by atoms with Crippen LogP contribution in [0.1, 0.15) is 36.5 Å². The fourth-order valence-corrected chi connectivity index (χ4v) is 3.55. The van der Waals surface area contributed by atoms with Gasteiger partial charge in [-0.2, -0.15) is 8.78 Å². The lowest BCUT2D eigenvalue weighted by molar-refractivity contribution is -0.172. The van der Waals surface area contributed by atoms with E-state index >= 15 is 8.78 Å². The highest BCUT2D eigenvalue weighted by atomic mass is 19.3. The van der Waals surface area contributed by atoms with E-state index in [1.165, 1.54) is 12.3 Å². The third-order valence-corrected chi connectivity index (χ3v) is 5.61. The lowest BCUT2D eigenvalue weighted by Gasteiger charge is -2.36. The molecule has 0 radical (unpaired) electrons. The van der Waals surface area contributed by atoms with Crippen molar-refractivity contribution in [2.75, 3.05) is 0 Å². The molecule has 1 aromatic heterocycles. The minimum atomic E-state index is -4.13. The Kier molecular flexibility index (Phi) is 7.54. The maximum absolute atomic E-state index is 15.8. The van der Waals surface area contributed by atoms with Crippen LogP contribution in [0.15, 0.2) is 79.3 Å². The van der Waals surface area contributed by atoms with Crippen molar-refractivity contribution in [1.82, 2.24) is 20.2 Å². The first-order valence-electron chi connectivity index (χ1n) is 10.7. The summed E-state index contributed by atoms with van der Waals surface area (Å²) in [6.07, 6.45) is 4.56. The molecule has 0 amide bonds. The minimum Gasteiger partial charge on any atom is -0.404 e. The molecule has 2 aromatic carbocycles. The van der Waals surface area contributed by atoms with Crippen molar-refractivity contribution in [1.29, 1.82) is 0 Å². The third-order valence-electron chi connectivity index (χ3n) is 5.61. The summed E-state index contributed by atoms with van der Waals surface area (Å²) >= 11 is 0. The van der Waals surface area contributed by atoms with Gasteiger partial charge in [-0.3, -0.25) is 0 Å². The molecule has 6 nitrogen and oxygen atoms in total. The van der Waals surface area contributed by atoms with Gasteiger partial charge in [-0.05, 0) is 45.2 Å². The fourth-order valence-electron chi connectivity index (χ4n) is 3.55. The van der Waals surface area contributed by atoms with Crippen LogP contribution < -0.4 is 5.73 Å². The van der Waals surface area contributed by atoms with Gasteiger partial charge in [0, 0.05) is 23.4 Å². The molecule has 3 aromatic rings. The number of aromatic nitrogens is 4. The number of nitrogens with zero attached hydrogens (tertiary/aromatic N) is 4. The van der Waals surface area contributed by atoms with Crippen LogP contribution in [0.3, 0.4) is 0 Å². The van der Waals surface area contributed by atoms with Gasteiger partial charge in [-0.1, -0.05) is 56.8 Å². The summed E-state index contributed by atoms with van der Waals surface area (Å²) in [5.74, 6) is -6.23. The number of hydrogen-bond donors (Lipinski definition) is 2. The molecule has 1 unspecified atom stereocenters. The predicted octanol–water partition coefficient (Wildman–Crippen LogP) is 4.71. The first-order valence-corrected chi connectivity index (χ1v) is 10.7. The second-order valence-electron chi connectivity index (χ2n) is 8.33. The minimum absolute atomic E-state index is 0.240. The number of allylic oxidation sites excluding steroid dienone is 3. The molecule has 0 fully saturated rings. The summed E-state index contributed by atoms with van der Waals surface area (Å²) in [4.78, 5) is 0. The molecule has 1 heterocycles. The van der Waals surface area contributed by atoms with Gasteiger partial charge in [0.1, 0.15) is 18.0 Å². The van der Waals surface area contributed by atoms with E-state index in [2.05, 4.69) is 22.1 Å². The van der Waals surface area contributed by atoms with Crippen molar-refractivity contribution >= 4 is 5.57 Å². The maximum atomic E-state index is 15.8. The molecule has 0 aliphatic carbocycles. The van der Waals surface area contributed by atoms with Crippen molar-refractivity contribution in [2.24, 2.45) is 5.73 Å². The van der Waals surface area contributed by atoms with E-state index in [4.69, 9.17) is 5.73 Å². The number of benzene rings is 2. The number of halogens is 4. The van der Waals surface area contributed by atoms with Gasteiger partial charge >= 0.3 is 5.92 Å². The predicted molar refractivity (Wildman–Crippen MR) is 124 cm³/mol. The molecule has 184 valence electrons. The monoisotopic (exact) mass is 487 g/mol. The van der Waals surface area contributed by atoms with E-state index in [9.17, 15) is 13.9 Å². The first kappa shape index (κ1) is 25.8. The van der Waals surface area contributed by atoms with Gasteiger partial charge in [-0.25, -0.2) is 13.5 Å². The Labute approximate surface area is 200 Å². The van der Waals surface area contributed by atoms with E-state index < -0.39 is 40.8 Å². The summed E-state index contributed by atoms with van der Waals surface area (Å²) < 4.78 is 60.4. The zero-order chi connectivity index (χ0) is 25.8. The SMILES string of the molecule is C=C(/C=C\C(=C/N)c1cccc(C(C)C)c1)C(F)(F)C(O)(Cn1cnnn1)c1ccc(F)cc1F. The molecule has 0 saturated heterocycles. The molecule has 10 heteroatoms. The Morgan fingerprint density at radius 1 is 1.17 bits per heavy atom. The zero-order valence-electron chi connectivity index (χ0n) is 19.2. The molecule has 0 saturated carbocycles. The second kappa shape index (κ2) is 10.2. The van der Waals surface area contributed by atoms with Crippen LogP contribution in [0.2, 0.25) is 0 Å². The normalized spacial score (nSPS) is 14.5. The highest BCUT2D eigenvalue weighted by molar-refractivity contribution is 5.74. The van der Waals surface area contributed by atoms with Crippen LogP contribution in [-0.4, -0.2) is 31.2 Å². The lowest BCUT2D eigenvalue weighted by atomic mass is 9.82. The second-order valence-corrected chi connectivity index (χ2v) is 8.33. The standard InChI is InChI=1S/C25H25F4N5O/c1-16(2)18-5-4-6-19(11-18)20(13-30)8-7-17(3)25(28,29)24(35,14-34-15-31-32-33-34)22-10-9-21(26)12-23(22)27/h4-13,15-16,35H,3,14,30H2,1-2H3/b8-7-,20-13+. The van der Waals surface area contributed by atoms with Crippen molar-refractivity contribution < 1.29 is 22.7 Å². The molecule has 3 rings (SSSR count). The van der Waals surface area contributed by atoms with E-state index in [1.807, 2.05) is 32.0 Å². The highest BCUT2D eigenvalue weighted by Crippen LogP contribution is 2.45. The van der Waals surface area contributed by atoms with Gasteiger partial charge in [-0.15, -0.1) is 5.10 Å². The van der Waals surface area contributed by atoms with E-state index in [0.29, 0.717) is 17.2 Å². The topological polar surface area (TPSA) is 89.8 Å². The molecular formula is C25H25F4N5O. The Morgan fingerprint density at radius 2 is 1.91 bits per heavy atom. The lowest BCUT2D eigenvalue weighted by Crippen LogP contribution is -2.50. The smallest absolute Gasteiger partial charge is 0.306 e. The van der Waals surface area contributed by atoms with Crippen LogP contribution in [0.25, 0.3) is 5.57 Å². The highest BCUT2D eigenvalue weighted by Gasteiger charge is 2.57. The van der Waals surface area contributed by atoms with Crippen LogP contribution in [0.5, 0.6) is 0 Å². The van der Waals surface area contributed by atoms with Crippen molar-refractivity contribution in [3.05, 3.63) is 108 Å². The molecule has 1 atom stereocenters. The summed E-state index contributed by atoms with van der Waals surface area (Å²) in [7, 11) is 0. The van der Waals surface area contributed by atoms with Gasteiger partial charge in [0.25, 0.3) is 0 Å². The molecule has 0 aliphatic rings. The number of aliphatic hydroxyl groups is 1. The number of alkyl halides is 2. The van der Waals surface area contributed by atoms with Gasteiger partial charge < -0.3 is 10.8 Å². The van der Waals surface area contributed by atoms with Crippen LogP contribution in [-0.2, 0) is 12.1 Å². The van der Waals surface area contributed by atoms with Gasteiger partial charge in [0.05, 0.1) is 6.54 Å².